The average Bonchev–Trinajstić information content (AvgIpc) is 3.27. The van der Waals surface area contributed by atoms with Crippen LogP contribution in [0.3, 0.4) is 0 Å². The first-order valence-corrected chi connectivity index (χ1v) is 26.9. The Morgan fingerprint density at radius 3 is 1.38 bits per heavy atom. The number of carbonyl (C=O) groups is 2. The van der Waals surface area contributed by atoms with Gasteiger partial charge in [-0.15, -0.1) is 0 Å². The molecule has 0 fully saturated rings. The minimum absolute atomic E-state index is 0.0675. The number of ether oxygens (including phenoxy) is 1. The first-order chi connectivity index (χ1) is 30.8. The summed E-state index contributed by atoms with van der Waals surface area (Å²) in [5.74, 6) is -0.536. The summed E-state index contributed by atoms with van der Waals surface area (Å²) >= 11 is 0. The Morgan fingerprint density at radius 1 is 0.508 bits per heavy atom. The number of phosphoric acid groups is 1. The summed E-state index contributed by atoms with van der Waals surface area (Å²) in [5, 5.41) is 12.7. The maximum Gasteiger partial charge on any atom is 0.472 e. The average molecular weight is 904 g/mol. The topological polar surface area (TPSA) is 131 Å². The van der Waals surface area contributed by atoms with Gasteiger partial charge in [0.2, 0.25) is 5.91 Å². The van der Waals surface area contributed by atoms with Crippen LogP contribution in [0.2, 0.25) is 0 Å². The fraction of sp³-hybridized carbons (Fsp3) is 0.736. The molecule has 0 aliphatic carbocycles. The predicted molar refractivity (Wildman–Crippen MR) is 266 cm³/mol. The lowest BCUT2D eigenvalue weighted by atomic mass is 10.0. The van der Waals surface area contributed by atoms with Crippen LogP contribution in [0.15, 0.2) is 72.9 Å². The van der Waals surface area contributed by atoms with E-state index in [1.54, 1.807) is 0 Å². The number of allylic oxidation sites excluding steroid dienone is 12. The van der Waals surface area contributed by atoms with Crippen LogP contribution in [0.5, 0.6) is 0 Å². The Balaban J connectivity index is 3.60. The zero-order valence-corrected chi connectivity index (χ0v) is 41.1. The van der Waals surface area contributed by atoms with E-state index in [1.165, 1.54) is 103 Å². The van der Waals surface area contributed by atoms with Crippen LogP contribution >= 0.6 is 7.82 Å². The molecule has 9 nitrogen and oxygen atoms in total. The third-order valence-corrected chi connectivity index (χ3v) is 11.6. The van der Waals surface area contributed by atoms with Crippen molar-refractivity contribution in [2.45, 2.75) is 225 Å². The molecule has 1 amide bonds. The molecule has 0 heterocycles. The molecular weight excluding hydrogens is 810 g/mol. The highest BCUT2D eigenvalue weighted by atomic mass is 31.2. The van der Waals surface area contributed by atoms with E-state index in [4.69, 9.17) is 13.8 Å². The summed E-state index contributed by atoms with van der Waals surface area (Å²) in [4.78, 5) is 34.1. The highest BCUT2D eigenvalue weighted by Crippen LogP contribution is 2.42. The summed E-state index contributed by atoms with van der Waals surface area (Å²) < 4.78 is 27.0. The number of hydrogen-bond donors (Lipinski definition) is 3. The molecule has 0 aromatic carbocycles. The first-order valence-electron chi connectivity index (χ1n) is 25.4. The molecule has 63 heavy (non-hydrogen) atoms. The van der Waals surface area contributed by atoms with E-state index in [9.17, 15) is 24.2 Å². The van der Waals surface area contributed by atoms with Crippen molar-refractivity contribution in [1.29, 1.82) is 0 Å². The Bertz CT molecular complexity index is 1260. The van der Waals surface area contributed by atoms with Gasteiger partial charge in [0.15, 0.2) is 0 Å². The Labute approximate surface area is 386 Å². The molecule has 2 unspecified atom stereocenters. The van der Waals surface area contributed by atoms with Crippen LogP contribution in [-0.4, -0.2) is 54.3 Å². The quantitative estimate of drug-likeness (QED) is 0.0238. The number of phosphoric ester groups is 1. The lowest BCUT2D eigenvalue weighted by Crippen LogP contribution is -2.27. The molecule has 2 atom stereocenters. The third kappa shape index (κ3) is 50.3. The Kier molecular flexibility index (Phi) is 46.9. The van der Waals surface area contributed by atoms with Gasteiger partial charge in [0.1, 0.15) is 12.7 Å². The minimum atomic E-state index is -4.43. The van der Waals surface area contributed by atoms with Crippen molar-refractivity contribution < 1.29 is 37.9 Å². The maximum atomic E-state index is 12.1. The molecule has 364 valence electrons. The zero-order valence-electron chi connectivity index (χ0n) is 40.3. The molecule has 0 aliphatic rings. The summed E-state index contributed by atoms with van der Waals surface area (Å²) in [7, 11) is -4.43. The van der Waals surface area contributed by atoms with Crippen molar-refractivity contribution in [2.24, 2.45) is 0 Å². The third-order valence-electron chi connectivity index (χ3n) is 10.6. The van der Waals surface area contributed by atoms with Gasteiger partial charge in [-0.05, 0) is 83.5 Å². The number of rotatable bonds is 47. The molecule has 0 saturated heterocycles. The van der Waals surface area contributed by atoms with Crippen LogP contribution in [0.25, 0.3) is 0 Å². The number of hydrogen-bond acceptors (Lipinski definition) is 7. The summed E-state index contributed by atoms with van der Waals surface area (Å²) in [6, 6.07) is 0. The van der Waals surface area contributed by atoms with Gasteiger partial charge in [-0.25, -0.2) is 4.57 Å². The maximum absolute atomic E-state index is 12.1. The van der Waals surface area contributed by atoms with Crippen molar-refractivity contribution in [3.05, 3.63) is 72.9 Å². The molecule has 0 aromatic rings. The molecule has 3 N–H and O–H groups in total. The second-order valence-electron chi connectivity index (χ2n) is 16.8. The molecule has 0 bridgehead atoms. The number of esters is 1. The van der Waals surface area contributed by atoms with Crippen LogP contribution in [0.1, 0.15) is 219 Å². The fourth-order valence-corrected chi connectivity index (χ4v) is 7.57. The summed E-state index contributed by atoms with van der Waals surface area (Å²) in [6.07, 6.45) is 61.2. The SMILES string of the molecule is CC/C=C\C/C=C\C/C=C\C/C=C\C/C=C\CCCCCCCC(=O)NCCOP(=O)(O)OCC(O)COC(=O)CCCCCCCCCCCCC/C=C/CCCCCCCC. The standard InChI is InChI=1S/C53H94NO8P/c1-3-5-7-9-11-13-15-17-19-21-23-25-27-29-31-33-35-37-39-41-43-45-52(56)54-47-48-61-63(58,59)62-50-51(55)49-60-53(57)46-44-42-40-38-36-34-32-30-28-26-24-22-20-18-16-14-12-10-8-6-4-2/h5,7,11,13,17-20,23,25,29,31,51,55H,3-4,6,8-10,12,14-16,21-22,24,26-28,30,32-50H2,1-2H3,(H,54,56)(H,58,59)/b7-5-,13-11-,19-17-,20-18+,25-23-,31-29-. The normalized spacial score (nSPS) is 13.8. The Morgan fingerprint density at radius 2 is 0.905 bits per heavy atom. The minimum Gasteiger partial charge on any atom is -0.463 e. The molecule has 0 aromatic heterocycles. The largest absolute Gasteiger partial charge is 0.472 e. The van der Waals surface area contributed by atoms with Gasteiger partial charge >= 0.3 is 13.8 Å². The van der Waals surface area contributed by atoms with Crippen LogP contribution in [-0.2, 0) is 27.9 Å². The Hall–Kier alpha value is -2.55. The number of aliphatic hydroxyl groups excluding tert-OH is 1. The van der Waals surface area contributed by atoms with Crippen LogP contribution in [0, 0.1) is 0 Å². The highest BCUT2D eigenvalue weighted by Gasteiger charge is 2.23. The number of nitrogens with one attached hydrogen (secondary N) is 1. The van der Waals surface area contributed by atoms with E-state index in [1.807, 2.05) is 0 Å². The van der Waals surface area contributed by atoms with Gasteiger partial charge < -0.3 is 20.1 Å². The second kappa shape index (κ2) is 48.9. The number of unbranched alkanes of at least 4 members (excludes halogenated alkanes) is 22. The van der Waals surface area contributed by atoms with Crippen molar-refractivity contribution in [3.63, 3.8) is 0 Å². The summed E-state index contributed by atoms with van der Waals surface area (Å²) in [5.41, 5.74) is 0. The van der Waals surface area contributed by atoms with Gasteiger partial charge in [-0.3, -0.25) is 18.6 Å². The van der Waals surface area contributed by atoms with Crippen molar-refractivity contribution in [1.82, 2.24) is 5.32 Å². The highest BCUT2D eigenvalue weighted by molar-refractivity contribution is 7.47. The van der Waals surface area contributed by atoms with E-state index in [0.29, 0.717) is 6.42 Å². The second-order valence-corrected chi connectivity index (χ2v) is 18.2. The van der Waals surface area contributed by atoms with Crippen molar-refractivity contribution >= 4 is 19.7 Å². The van der Waals surface area contributed by atoms with E-state index < -0.39 is 26.5 Å². The van der Waals surface area contributed by atoms with Gasteiger partial charge in [0.25, 0.3) is 0 Å². The number of carbonyl (C=O) groups excluding carboxylic acids is 2. The van der Waals surface area contributed by atoms with Gasteiger partial charge in [0.05, 0.1) is 13.2 Å². The van der Waals surface area contributed by atoms with Gasteiger partial charge in [0, 0.05) is 19.4 Å². The smallest absolute Gasteiger partial charge is 0.463 e. The molecule has 0 rings (SSSR count). The summed E-state index contributed by atoms with van der Waals surface area (Å²) in [6.45, 7) is 3.43. The molecule has 0 saturated carbocycles. The lowest BCUT2D eigenvalue weighted by Gasteiger charge is -2.15. The molecular formula is C53H94NO8P. The van der Waals surface area contributed by atoms with E-state index in [0.717, 1.165) is 89.9 Å². The fourth-order valence-electron chi connectivity index (χ4n) is 6.81. The van der Waals surface area contributed by atoms with Crippen molar-refractivity contribution in [2.75, 3.05) is 26.4 Å². The molecule has 10 heteroatoms. The predicted octanol–water partition coefficient (Wildman–Crippen LogP) is 15.0. The number of amides is 1. The van der Waals surface area contributed by atoms with E-state index >= 15 is 0 Å². The molecule has 0 aliphatic heterocycles. The van der Waals surface area contributed by atoms with Crippen LogP contribution in [0.4, 0.5) is 0 Å². The number of aliphatic hydroxyl groups is 1. The molecule has 0 spiro atoms. The van der Waals surface area contributed by atoms with Gasteiger partial charge in [-0.1, -0.05) is 196 Å². The molecule has 0 radical (unpaired) electrons. The van der Waals surface area contributed by atoms with Gasteiger partial charge in [-0.2, -0.15) is 0 Å². The van der Waals surface area contributed by atoms with Crippen LogP contribution < -0.4 is 5.32 Å². The zero-order chi connectivity index (χ0) is 46.0. The van der Waals surface area contributed by atoms with Crippen molar-refractivity contribution in [3.8, 4) is 0 Å². The van der Waals surface area contributed by atoms with E-state index in [2.05, 4.69) is 92.1 Å². The monoisotopic (exact) mass is 904 g/mol. The van der Waals surface area contributed by atoms with E-state index in [-0.39, 0.29) is 32.1 Å². The lowest BCUT2D eigenvalue weighted by molar-refractivity contribution is -0.147. The first kappa shape index (κ1) is 60.5.